The predicted octanol–water partition coefficient (Wildman–Crippen LogP) is 4.42. The fourth-order valence-corrected chi connectivity index (χ4v) is 2.99. The molecule has 6 heteroatoms. The molecule has 0 bridgehead atoms. The van der Waals surface area contributed by atoms with Crippen molar-refractivity contribution in [1.29, 1.82) is 0 Å². The average Bonchev–Trinajstić information content (AvgIpc) is 2.59. The second kappa shape index (κ2) is 7.01. The van der Waals surface area contributed by atoms with Crippen LogP contribution in [0.25, 0.3) is 0 Å². The van der Waals surface area contributed by atoms with Crippen molar-refractivity contribution in [3.8, 4) is 0 Å². The molecule has 1 heterocycles. The van der Waals surface area contributed by atoms with Crippen molar-refractivity contribution in [2.45, 2.75) is 18.9 Å². The van der Waals surface area contributed by atoms with Crippen molar-refractivity contribution in [3.63, 3.8) is 0 Å². The lowest BCUT2D eigenvalue weighted by Gasteiger charge is -2.35. The second-order valence-corrected chi connectivity index (χ2v) is 6.08. The van der Waals surface area contributed by atoms with Crippen LogP contribution in [0.2, 0.25) is 5.02 Å². The van der Waals surface area contributed by atoms with Crippen LogP contribution in [0.1, 0.15) is 24.4 Å². The van der Waals surface area contributed by atoms with Gasteiger partial charge in [0.1, 0.15) is 11.6 Å². The van der Waals surface area contributed by atoms with Gasteiger partial charge in [-0.3, -0.25) is 4.79 Å². The minimum absolute atomic E-state index is 0.0544. The van der Waals surface area contributed by atoms with Crippen LogP contribution in [0, 0.1) is 5.82 Å². The number of ketones is 1. The number of benzene rings is 2. The first-order chi connectivity index (χ1) is 11.5. The Morgan fingerprint density at radius 2 is 1.96 bits per heavy atom. The van der Waals surface area contributed by atoms with Gasteiger partial charge in [0.25, 0.3) is 0 Å². The number of nitrogens with zero attached hydrogens (tertiary/aromatic N) is 1. The molecule has 1 saturated heterocycles. The summed E-state index contributed by atoms with van der Waals surface area (Å²) in [6.45, 7) is 0.346. The maximum absolute atomic E-state index is 13.2. The van der Waals surface area contributed by atoms with Gasteiger partial charge >= 0.3 is 6.03 Å². The summed E-state index contributed by atoms with van der Waals surface area (Å²) in [4.78, 5) is 26.1. The van der Waals surface area contributed by atoms with E-state index in [1.165, 1.54) is 18.2 Å². The summed E-state index contributed by atoms with van der Waals surface area (Å²) >= 11 is 5.74. The summed E-state index contributed by atoms with van der Waals surface area (Å²) < 4.78 is 13.2. The van der Waals surface area contributed by atoms with Crippen LogP contribution in [0.5, 0.6) is 0 Å². The van der Waals surface area contributed by atoms with Gasteiger partial charge in [-0.15, -0.1) is 0 Å². The van der Waals surface area contributed by atoms with Crippen LogP contribution in [0.15, 0.2) is 48.5 Å². The van der Waals surface area contributed by atoms with Gasteiger partial charge in [0.15, 0.2) is 0 Å². The van der Waals surface area contributed by atoms with E-state index in [2.05, 4.69) is 5.32 Å². The molecule has 0 spiro atoms. The van der Waals surface area contributed by atoms with Crippen LogP contribution in [-0.4, -0.2) is 23.3 Å². The number of nitrogens with one attached hydrogen (secondary N) is 1. The van der Waals surface area contributed by atoms with Crippen molar-refractivity contribution >= 4 is 29.1 Å². The zero-order chi connectivity index (χ0) is 17.1. The Balaban J connectivity index is 1.80. The largest absolute Gasteiger partial charge is 0.322 e. The van der Waals surface area contributed by atoms with Crippen LogP contribution >= 0.6 is 11.6 Å². The molecular weight excluding hydrogens is 331 g/mol. The molecule has 2 amide bonds. The molecule has 1 aliphatic rings. The first-order valence-electron chi connectivity index (χ1n) is 7.64. The van der Waals surface area contributed by atoms with Crippen molar-refractivity contribution in [3.05, 3.63) is 64.9 Å². The maximum Gasteiger partial charge on any atom is 0.322 e. The molecule has 0 saturated carbocycles. The molecule has 3 rings (SSSR count). The fraction of sp³-hybridized carbons (Fsp3) is 0.222. The fourth-order valence-electron chi connectivity index (χ4n) is 2.81. The predicted molar refractivity (Wildman–Crippen MR) is 90.6 cm³/mol. The van der Waals surface area contributed by atoms with E-state index in [1.807, 2.05) is 30.3 Å². The first kappa shape index (κ1) is 16.5. The van der Waals surface area contributed by atoms with Crippen LogP contribution in [-0.2, 0) is 4.79 Å². The summed E-state index contributed by atoms with van der Waals surface area (Å²) in [6.07, 6.45) is 0.628. The number of hydrogen-bond acceptors (Lipinski definition) is 2. The summed E-state index contributed by atoms with van der Waals surface area (Å²) in [7, 11) is 0. The van der Waals surface area contributed by atoms with Gasteiger partial charge in [-0.1, -0.05) is 41.9 Å². The Labute approximate surface area is 144 Å². The molecule has 0 aromatic heterocycles. The van der Waals surface area contributed by atoms with Crippen LogP contribution in [0.3, 0.4) is 0 Å². The molecule has 1 fully saturated rings. The Bertz CT molecular complexity index is 767. The van der Waals surface area contributed by atoms with Crippen LogP contribution in [0.4, 0.5) is 14.9 Å². The molecular formula is C18H16ClFN2O2. The first-order valence-corrected chi connectivity index (χ1v) is 8.01. The Morgan fingerprint density at radius 1 is 1.21 bits per heavy atom. The molecule has 2 aromatic rings. The number of urea groups is 1. The number of piperidine rings is 1. The second-order valence-electron chi connectivity index (χ2n) is 5.67. The summed E-state index contributed by atoms with van der Waals surface area (Å²) in [5, 5.41) is 2.66. The zero-order valence-electron chi connectivity index (χ0n) is 12.8. The standard InChI is InChI=1S/C18H16ClFN2O2/c19-15-10-13(6-7-16(15)20)21-18(24)22-9-8-14(23)11-17(22)12-4-2-1-3-5-12/h1-7,10,17H,8-9,11H2,(H,21,24). The normalized spacial score (nSPS) is 17.7. The third-order valence-corrected chi connectivity index (χ3v) is 4.33. The van der Waals surface area contributed by atoms with Crippen molar-refractivity contribution < 1.29 is 14.0 Å². The Hall–Kier alpha value is -2.40. The zero-order valence-corrected chi connectivity index (χ0v) is 13.6. The monoisotopic (exact) mass is 346 g/mol. The summed E-state index contributed by atoms with van der Waals surface area (Å²) in [5.41, 5.74) is 1.33. The highest BCUT2D eigenvalue weighted by molar-refractivity contribution is 6.31. The number of Topliss-reactive ketones (excluding diaryl/α,β-unsaturated/α-hetero) is 1. The highest BCUT2D eigenvalue weighted by Gasteiger charge is 2.31. The number of anilines is 1. The maximum atomic E-state index is 13.2. The van der Waals surface area contributed by atoms with Crippen LogP contribution < -0.4 is 5.32 Å². The van der Waals surface area contributed by atoms with E-state index in [0.29, 0.717) is 25.1 Å². The van der Waals surface area contributed by atoms with E-state index >= 15 is 0 Å². The smallest absolute Gasteiger partial charge is 0.317 e. The third kappa shape index (κ3) is 3.57. The van der Waals surface area contributed by atoms with E-state index in [1.54, 1.807) is 4.90 Å². The number of carbonyl (C=O) groups excluding carboxylic acids is 2. The average molecular weight is 347 g/mol. The molecule has 1 unspecified atom stereocenters. The Morgan fingerprint density at radius 3 is 2.67 bits per heavy atom. The minimum atomic E-state index is -0.541. The molecule has 24 heavy (non-hydrogen) atoms. The molecule has 1 N–H and O–H groups in total. The lowest BCUT2D eigenvalue weighted by molar-refractivity contribution is -0.122. The van der Waals surface area contributed by atoms with E-state index in [4.69, 9.17) is 11.6 Å². The van der Waals surface area contributed by atoms with Gasteiger partial charge in [0, 0.05) is 25.1 Å². The summed E-state index contributed by atoms with van der Waals surface area (Å²) in [5.74, 6) is -0.405. The van der Waals surface area contributed by atoms with Gasteiger partial charge < -0.3 is 10.2 Å². The number of rotatable bonds is 2. The highest BCUT2D eigenvalue weighted by atomic mass is 35.5. The molecule has 4 nitrogen and oxygen atoms in total. The van der Waals surface area contributed by atoms with E-state index in [-0.39, 0.29) is 22.9 Å². The van der Waals surface area contributed by atoms with Gasteiger partial charge in [0.05, 0.1) is 11.1 Å². The van der Waals surface area contributed by atoms with E-state index in [9.17, 15) is 14.0 Å². The van der Waals surface area contributed by atoms with Crippen molar-refractivity contribution in [2.24, 2.45) is 0 Å². The van der Waals surface area contributed by atoms with Crippen molar-refractivity contribution in [2.75, 3.05) is 11.9 Å². The quantitative estimate of drug-likeness (QED) is 0.875. The number of likely N-dealkylation sites (tertiary alicyclic amines) is 1. The lowest BCUT2D eigenvalue weighted by atomic mass is 9.95. The number of halogens is 2. The summed E-state index contributed by atoms with van der Waals surface area (Å²) in [6, 6.07) is 12.8. The van der Waals surface area contributed by atoms with E-state index in [0.717, 1.165) is 5.56 Å². The highest BCUT2D eigenvalue weighted by Crippen LogP contribution is 2.30. The number of carbonyl (C=O) groups is 2. The molecule has 124 valence electrons. The molecule has 0 aliphatic carbocycles. The van der Waals surface area contributed by atoms with E-state index < -0.39 is 5.82 Å². The van der Waals surface area contributed by atoms with Crippen molar-refractivity contribution in [1.82, 2.24) is 4.90 Å². The Kier molecular flexibility index (Phi) is 4.81. The number of hydrogen-bond donors (Lipinski definition) is 1. The minimum Gasteiger partial charge on any atom is -0.317 e. The molecule has 1 atom stereocenters. The topological polar surface area (TPSA) is 49.4 Å². The third-order valence-electron chi connectivity index (χ3n) is 4.04. The molecule has 1 aliphatic heterocycles. The molecule has 0 radical (unpaired) electrons. The SMILES string of the molecule is O=C1CCN(C(=O)Nc2ccc(F)c(Cl)c2)C(c2ccccc2)C1. The van der Waals surface area contributed by atoms with Gasteiger partial charge in [-0.05, 0) is 23.8 Å². The number of amides is 2. The van der Waals surface area contributed by atoms with Gasteiger partial charge in [0.2, 0.25) is 0 Å². The molecule has 2 aromatic carbocycles. The van der Waals surface area contributed by atoms with Gasteiger partial charge in [-0.2, -0.15) is 0 Å². The van der Waals surface area contributed by atoms with Gasteiger partial charge in [-0.25, -0.2) is 9.18 Å². The lowest BCUT2D eigenvalue weighted by Crippen LogP contribution is -2.43.